The van der Waals surface area contributed by atoms with Crippen LogP contribution in [-0.4, -0.2) is 30.5 Å². The molecule has 0 fully saturated rings. The number of nitrogens with two attached hydrogens (primary N) is 1. The Bertz CT molecular complexity index is 491. The molecule has 0 bridgehead atoms. The van der Waals surface area contributed by atoms with Crippen molar-refractivity contribution in [3.8, 4) is 0 Å². The molecule has 1 amide bonds. The van der Waals surface area contributed by atoms with Crippen LogP contribution in [0.15, 0.2) is 12.1 Å². The average molecular weight is 304 g/mol. The Hall–Kier alpha value is -1.99. The van der Waals surface area contributed by atoms with Crippen LogP contribution in [0.5, 0.6) is 0 Å². The number of aromatic nitrogens is 1. The minimum Gasteiger partial charge on any atom is -0.370 e. The number of likely N-dealkylation sites (N-methyl/N-ethyl adjacent to an activating group) is 1. The number of carbonyl (C=O) groups is 1. The van der Waals surface area contributed by atoms with Crippen molar-refractivity contribution in [1.82, 2.24) is 4.98 Å². The predicted octanol–water partition coefficient (Wildman–Crippen LogP) is 2.23. The number of nitrogens with one attached hydrogen (secondary N) is 1. The molecule has 0 aromatic carbocycles. The van der Waals surface area contributed by atoms with Gasteiger partial charge in [0.1, 0.15) is 11.6 Å². The third kappa shape index (κ3) is 5.13. The lowest BCUT2D eigenvalue weighted by molar-refractivity contribution is -0.137. The summed E-state index contributed by atoms with van der Waals surface area (Å²) in [5.41, 5.74) is 4.29. The molecule has 8 heteroatoms. The van der Waals surface area contributed by atoms with E-state index in [9.17, 15) is 18.0 Å². The van der Waals surface area contributed by atoms with E-state index in [1.807, 2.05) is 6.92 Å². The zero-order valence-electron chi connectivity index (χ0n) is 12.0. The molecule has 0 radical (unpaired) electrons. The molecule has 118 valence electrons. The van der Waals surface area contributed by atoms with Gasteiger partial charge in [0.05, 0.1) is 12.1 Å². The molecule has 1 aromatic heterocycles. The minimum absolute atomic E-state index is 0.0738. The van der Waals surface area contributed by atoms with Gasteiger partial charge in [0, 0.05) is 13.1 Å². The summed E-state index contributed by atoms with van der Waals surface area (Å²) in [4.78, 5) is 16.5. The smallest absolute Gasteiger partial charge is 0.370 e. The normalized spacial score (nSPS) is 11.3. The predicted molar refractivity (Wildman–Crippen MR) is 75.1 cm³/mol. The summed E-state index contributed by atoms with van der Waals surface area (Å²) in [5.74, 6) is -0.423. The highest BCUT2D eigenvalue weighted by atomic mass is 19.4. The Labute approximate surface area is 121 Å². The van der Waals surface area contributed by atoms with Gasteiger partial charge in [0.2, 0.25) is 5.91 Å². The number of nitrogens with zero attached hydrogens (tertiary/aromatic N) is 2. The Kier molecular flexibility index (Phi) is 5.80. The topological polar surface area (TPSA) is 71.2 Å². The molecule has 0 atom stereocenters. The molecule has 21 heavy (non-hydrogen) atoms. The number of anilines is 2. The van der Waals surface area contributed by atoms with E-state index in [4.69, 9.17) is 5.73 Å². The second-order valence-electron chi connectivity index (χ2n) is 4.50. The zero-order chi connectivity index (χ0) is 16.0. The van der Waals surface area contributed by atoms with E-state index in [-0.39, 0.29) is 18.2 Å². The van der Waals surface area contributed by atoms with E-state index in [0.29, 0.717) is 13.1 Å². The summed E-state index contributed by atoms with van der Waals surface area (Å²) in [7, 11) is 0. The van der Waals surface area contributed by atoms with Crippen molar-refractivity contribution in [3.63, 3.8) is 0 Å². The van der Waals surface area contributed by atoms with Gasteiger partial charge < -0.3 is 16.0 Å². The van der Waals surface area contributed by atoms with Crippen LogP contribution < -0.4 is 16.0 Å². The second kappa shape index (κ2) is 7.14. The van der Waals surface area contributed by atoms with Gasteiger partial charge in [-0.25, -0.2) is 4.98 Å². The molecule has 1 aromatic rings. The van der Waals surface area contributed by atoms with Crippen LogP contribution in [0.25, 0.3) is 0 Å². The van der Waals surface area contributed by atoms with Crippen LogP contribution in [0.1, 0.15) is 25.8 Å². The number of primary amides is 1. The third-order valence-electron chi connectivity index (χ3n) is 2.75. The fraction of sp³-hybridized carbons (Fsp3) is 0.538. The van der Waals surface area contributed by atoms with Gasteiger partial charge in [-0.15, -0.1) is 0 Å². The molecule has 0 unspecified atom stereocenters. The number of rotatable bonds is 7. The molecule has 0 aliphatic heterocycles. The number of amides is 1. The lowest BCUT2D eigenvalue weighted by Gasteiger charge is -2.22. The lowest BCUT2D eigenvalue weighted by atomic mass is 10.2. The van der Waals surface area contributed by atoms with Gasteiger partial charge in [-0.3, -0.25) is 4.79 Å². The van der Waals surface area contributed by atoms with E-state index in [1.54, 1.807) is 6.92 Å². The maximum Gasteiger partial charge on any atom is 0.416 e. The van der Waals surface area contributed by atoms with E-state index < -0.39 is 17.6 Å². The summed E-state index contributed by atoms with van der Waals surface area (Å²) < 4.78 is 38.8. The van der Waals surface area contributed by atoms with E-state index in [0.717, 1.165) is 18.6 Å². The number of halogens is 3. The van der Waals surface area contributed by atoms with Crippen LogP contribution in [0.4, 0.5) is 24.8 Å². The lowest BCUT2D eigenvalue weighted by Crippen LogP contribution is -2.34. The first kappa shape index (κ1) is 17.1. The van der Waals surface area contributed by atoms with Crippen LogP contribution >= 0.6 is 0 Å². The number of pyridine rings is 1. The highest BCUT2D eigenvalue weighted by Gasteiger charge is 2.32. The van der Waals surface area contributed by atoms with Gasteiger partial charge in [0.15, 0.2) is 0 Å². The fourth-order valence-corrected chi connectivity index (χ4v) is 1.73. The number of hydrogen-bond acceptors (Lipinski definition) is 4. The molecule has 1 heterocycles. The van der Waals surface area contributed by atoms with Crippen molar-refractivity contribution < 1.29 is 18.0 Å². The highest BCUT2D eigenvalue weighted by molar-refractivity contribution is 5.79. The third-order valence-corrected chi connectivity index (χ3v) is 2.75. The van der Waals surface area contributed by atoms with Crippen LogP contribution in [0.2, 0.25) is 0 Å². The van der Waals surface area contributed by atoms with Crippen molar-refractivity contribution in [1.29, 1.82) is 0 Å². The Morgan fingerprint density at radius 1 is 1.38 bits per heavy atom. The summed E-state index contributed by atoms with van der Waals surface area (Å²) in [6.07, 6.45) is -3.72. The molecular formula is C13H19F3N4O. The fourth-order valence-electron chi connectivity index (χ4n) is 1.73. The molecule has 0 saturated heterocycles. The van der Waals surface area contributed by atoms with Gasteiger partial charge in [-0.1, -0.05) is 6.92 Å². The molecule has 1 rings (SSSR count). The largest absolute Gasteiger partial charge is 0.416 e. The number of alkyl halides is 3. The molecule has 0 saturated carbocycles. The molecular weight excluding hydrogens is 285 g/mol. The zero-order valence-corrected chi connectivity index (χ0v) is 12.0. The monoisotopic (exact) mass is 304 g/mol. The summed E-state index contributed by atoms with van der Waals surface area (Å²) in [5, 5.41) is 2.83. The summed E-state index contributed by atoms with van der Waals surface area (Å²) in [6, 6.07) is 1.88. The Balaban J connectivity index is 3.19. The molecule has 3 N–H and O–H groups in total. The molecule has 5 nitrogen and oxygen atoms in total. The number of carbonyl (C=O) groups excluding carboxylic acids is 1. The van der Waals surface area contributed by atoms with Gasteiger partial charge >= 0.3 is 6.18 Å². The van der Waals surface area contributed by atoms with Gasteiger partial charge in [-0.2, -0.15) is 13.2 Å². The average Bonchev–Trinajstić information content (AvgIpc) is 2.41. The maximum atomic E-state index is 12.9. The first-order valence-corrected chi connectivity index (χ1v) is 6.64. The maximum absolute atomic E-state index is 12.9. The van der Waals surface area contributed by atoms with Crippen molar-refractivity contribution in [2.75, 3.05) is 29.9 Å². The van der Waals surface area contributed by atoms with Crippen molar-refractivity contribution >= 4 is 17.5 Å². The Morgan fingerprint density at radius 3 is 2.52 bits per heavy atom. The first-order chi connectivity index (χ1) is 9.77. The molecule has 0 spiro atoms. The van der Waals surface area contributed by atoms with Gasteiger partial charge in [0.25, 0.3) is 0 Å². The van der Waals surface area contributed by atoms with Crippen molar-refractivity contribution in [2.45, 2.75) is 26.4 Å². The van der Waals surface area contributed by atoms with E-state index >= 15 is 0 Å². The minimum atomic E-state index is -4.48. The molecule has 0 aliphatic carbocycles. The Morgan fingerprint density at radius 2 is 2.05 bits per heavy atom. The SMILES string of the molecule is CCCNc1cc(C(F)(F)F)cc(N(CC)CC(N)=O)n1. The quantitative estimate of drug-likeness (QED) is 0.810. The van der Waals surface area contributed by atoms with Crippen molar-refractivity contribution in [2.24, 2.45) is 5.73 Å². The first-order valence-electron chi connectivity index (χ1n) is 6.64. The van der Waals surface area contributed by atoms with Crippen LogP contribution in [0, 0.1) is 0 Å². The van der Waals surface area contributed by atoms with Gasteiger partial charge in [-0.05, 0) is 25.5 Å². The standard InChI is InChI=1S/C13H19F3N4O/c1-3-5-18-11-6-9(13(14,15)16)7-12(19-11)20(4-2)8-10(17)21/h6-7H,3-5,8H2,1-2H3,(H2,17,21)(H,18,19). The highest BCUT2D eigenvalue weighted by Crippen LogP contribution is 2.32. The van der Waals surface area contributed by atoms with E-state index in [1.165, 1.54) is 4.90 Å². The number of hydrogen-bond donors (Lipinski definition) is 2. The summed E-state index contributed by atoms with van der Waals surface area (Å²) in [6.45, 7) is 4.26. The van der Waals surface area contributed by atoms with E-state index in [2.05, 4.69) is 10.3 Å². The van der Waals surface area contributed by atoms with Crippen LogP contribution in [0.3, 0.4) is 0 Å². The molecule has 0 aliphatic rings. The van der Waals surface area contributed by atoms with Crippen molar-refractivity contribution in [3.05, 3.63) is 17.7 Å². The summed E-state index contributed by atoms with van der Waals surface area (Å²) >= 11 is 0. The van der Waals surface area contributed by atoms with Crippen LogP contribution in [-0.2, 0) is 11.0 Å². The second-order valence-corrected chi connectivity index (χ2v) is 4.50.